The summed E-state index contributed by atoms with van der Waals surface area (Å²) in [5.41, 5.74) is 0. The van der Waals surface area contributed by atoms with Gasteiger partial charge >= 0.3 is 0 Å². The molecule has 0 radical (unpaired) electrons. The Morgan fingerprint density at radius 3 is 1.73 bits per heavy atom. The van der Waals surface area contributed by atoms with Crippen molar-refractivity contribution < 1.29 is 5.11 Å². The van der Waals surface area contributed by atoms with Gasteiger partial charge in [0.2, 0.25) is 0 Å². The fraction of sp³-hybridized carbons (Fsp3) is 1.00. The molecule has 0 heterocycles. The summed E-state index contributed by atoms with van der Waals surface area (Å²) in [6.07, 6.45) is 4.32. The number of hydrogen-bond donors (Lipinski definition) is 3. The molecule has 0 aromatic carbocycles. The molecule has 0 aliphatic rings. The second-order valence-corrected chi connectivity index (χ2v) is 3.41. The van der Waals surface area contributed by atoms with Gasteiger partial charge < -0.3 is 15.7 Å². The molecule has 0 unspecified atom stereocenters. The van der Waals surface area contributed by atoms with E-state index in [4.69, 9.17) is 16.7 Å². The molecule has 4 heteroatoms. The largest absolute Gasteiger partial charge is 0.396 e. The first-order valence-corrected chi connectivity index (χ1v) is 5.83. The zero-order valence-electron chi connectivity index (χ0n) is 9.48. The lowest BCUT2D eigenvalue weighted by Gasteiger charge is -1.92. The predicted octanol–water partition coefficient (Wildman–Crippen LogP) is 1.84. The summed E-state index contributed by atoms with van der Waals surface area (Å²) in [5, 5.41) is 14.3. The molecule has 0 saturated heterocycles. The van der Waals surface area contributed by atoms with Crippen molar-refractivity contribution in [2.24, 2.45) is 0 Å². The van der Waals surface area contributed by atoms with Gasteiger partial charge in [-0.1, -0.05) is 7.43 Å². The van der Waals surface area contributed by atoms with Crippen molar-refractivity contribution in [2.75, 3.05) is 39.7 Å². The normalized spacial score (nSPS) is 8.80. The van der Waals surface area contributed by atoms with E-state index in [1.165, 1.54) is 6.42 Å². The average molecular weight is 241 g/mol. The van der Waals surface area contributed by atoms with Crippen molar-refractivity contribution in [3.05, 3.63) is 0 Å². The molecule has 0 rings (SSSR count). The number of alkyl halides is 1. The van der Waals surface area contributed by atoms with Gasteiger partial charge in [0.1, 0.15) is 0 Å². The average Bonchev–Trinajstić information content (AvgIpc) is 2.21. The number of unbranched alkanes of at least 4 members (excludes halogenated alkanes) is 2. The highest BCUT2D eigenvalue weighted by Gasteiger charge is 1.80. The predicted molar refractivity (Wildman–Crippen MR) is 70.9 cm³/mol. The van der Waals surface area contributed by atoms with Gasteiger partial charge in [-0.3, -0.25) is 0 Å². The SMILES string of the molecule is C.CNCCCCCl.CNCCCCO. The molecular formula is C11H29ClN2O. The van der Waals surface area contributed by atoms with E-state index in [1.54, 1.807) is 0 Å². The Hall–Kier alpha value is 0.170. The van der Waals surface area contributed by atoms with Gasteiger partial charge in [0.25, 0.3) is 0 Å². The fourth-order valence-electron chi connectivity index (χ4n) is 0.810. The molecule has 3 nitrogen and oxygen atoms in total. The molecule has 0 aliphatic heterocycles. The maximum atomic E-state index is 8.27. The van der Waals surface area contributed by atoms with Gasteiger partial charge in [-0.05, 0) is 52.9 Å². The van der Waals surface area contributed by atoms with Crippen LogP contribution in [0.3, 0.4) is 0 Å². The highest BCUT2D eigenvalue weighted by atomic mass is 35.5. The molecule has 0 bridgehead atoms. The van der Waals surface area contributed by atoms with Gasteiger partial charge in [0.15, 0.2) is 0 Å². The van der Waals surface area contributed by atoms with Crippen molar-refractivity contribution in [3.63, 3.8) is 0 Å². The Kier molecular flexibility index (Phi) is 32.6. The van der Waals surface area contributed by atoms with E-state index in [0.717, 1.165) is 38.2 Å². The Balaban J connectivity index is -0.000000180. The molecule has 15 heavy (non-hydrogen) atoms. The molecule has 3 N–H and O–H groups in total. The third kappa shape index (κ3) is 31.4. The van der Waals surface area contributed by atoms with Crippen molar-refractivity contribution in [3.8, 4) is 0 Å². The Morgan fingerprint density at radius 2 is 1.40 bits per heavy atom. The van der Waals surface area contributed by atoms with Crippen LogP contribution in [0.25, 0.3) is 0 Å². The molecule has 0 atom stereocenters. The zero-order valence-corrected chi connectivity index (χ0v) is 10.2. The topological polar surface area (TPSA) is 44.3 Å². The summed E-state index contributed by atoms with van der Waals surface area (Å²) < 4.78 is 0. The molecule has 0 spiro atoms. The third-order valence-electron chi connectivity index (χ3n) is 1.65. The minimum Gasteiger partial charge on any atom is -0.396 e. The molecule has 0 aromatic heterocycles. The second kappa shape index (κ2) is 23.8. The standard InChI is InChI=1S/C5H12ClN.C5H13NO.CH4/c1-7-5-3-2-4-6;1-6-4-2-3-5-7;/h7H,2-5H2,1H3;6-7H,2-5H2,1H3;1H4. The van der Waals surface area contributed by atoms with Crippen LogP contribution < -0.4 is 10.6 Å². The van der Waals surface area contributed by atoms with E-state index in [2.05, 4.69) is 10.6 Å². The zero-order chi connectivity index (χ0) is 11.1. The van der Waals surface area contributed by atoms with E-state index in [9.17, 15) is 0 Å². The number of aliphatic hydroxyl groups is 1. The van der Waals surface area contributed by atoms with Crippen LogP contribution >= 0.6 is 11.6 Å². The van der Waals surface area contributed by atoms with E-state index >= 15 is 0 Å². The van der Waals surface area contributed by atoms with Crippen LogP contribution in [0, 0.1) is 0 Å². The van der Waals surface area contributed by atoms with E-state index in [1.807, 2.05) is 14.1 Å². The van der Waals surface area contributed by atoms with Crippen molar-refractivity contribution >= 4 is 11.6 Å². The summed E-state index contributed by atoms with van der Waals surface area (Å²) >= 11 is 5.41. The van der Waals surface area contributed by atoms with E-state index in [-0.39, 0.29) is 7.43 Å². The third-order valence-corrected chi connectivity index (χ3v) is 1.91. The summed E-state index contributed by atoms with van der Waals surface area (Å²) in [4.78, 5) is 0. The molecule has 0 saturated carbocycles. The highest BCUT2D eigenvalue weighted by molar-refractivity contribution is 6.17. The molecule has 0 fully saturated rings. The fourth-order valence-corrected chi connectivity index (χ4v) is 0.999. The number of rotatable bonds is 8. The molecule has 0 aliphatic carbocycles. The number of halogens is 1. The summed E-state index contributed by atoms with van der Waals surface area (Å²) in [7, 11) is 3.87. The van der Waals surface area contributed by atoms with Gasteiger partial charge in [-0.15, -0.1) is 11.6 Å². The van der Waals surface area contributed by atoms with Gasteiger partial charge in [0.05, 0.1) is 0 Å². The van der Waals surface area contributed by atoms with E-state index in [0.29, 0.717) is 6.61 Å². The number of aliphatic hydroxyl groups excluding tert-OH is 1. The van der Waals surface area contributed by atoms with E-state index < -0.39 is 0 Å². The lowest BCUT2D eigenvalue weighted by Crippen LogP contribution is -2.07. The van der Waals surface area contributed by atoms with Crippen LogP contribution in [0.2, 0.25) is 0 Å². The first-order chi connectivity index (χ1) is 6.83. The minimum atomic E-state index is 0. The van der Waals surface area contributed by atoms with Gasteiger partial charge in [-0.2, -0.15) is 0 Å². The maximum Gasteiger partial charge on any atom is 0.0431 e. The van der Waals surface area contributed by atoms with Crippen LogP contribution in [0.5, 0.6) is 0 Å². The van der Waals surface area contributed by atoms with Crippen LogP contribution in [0.1, 0.15) is 33.1 Å². The van der Waals surface area contributed by atoms with Crippen LogP contribution in [-0.4, -0.2) is 44.8 Å². The summed E-state index contributed by atoms with van der Waals surface area (Å²) in [6.45, 7) is 2.43. The van der Waals surface area contributed by atoms with Crippen LogP contribution in [0.4, 0.5) is 0 Å². The molecule has 0 aromatic rings. The lowest BCUT2D eigenvalue weighted by atomic mass is 10.3. The Bertz CT molecular complexity index is 67.0. The maximum absolute atomic E-state index is 8.27. The lowest BCUT2D eigenvalue weighted by molar-refractivity contribution is 0.284. The Labute approximate surface area is 101 Å². The highest BCUT2D eigenvalue weighted by Crippen LogP contribution is 1.87. The van der Waals surface area contributed by atoms with Crippen molar-refractivity contribution in [1.29, 1.82) is 0 Å². The molecule has 96 valence electrons. The summed E-state index contributed by atoms with van der Waals surface area (Å²) in [5.74, 6) is 0.793. The van der Waals surface area contributed by atoms with Crippen molar-refractivity contribution in [1.82, 2.24) is 10.6 Å². The second-order valence-electron chi connectivity index (χ2n) is 3.03. The number of hydrogen-bond acceptors (Lipinski definition) is 3. The van der Waals surface area contributed by atoms with Crippen molar-refractivity contribution in [2.45, 2.75) is 33.1 Å². The monoisotopic (exact) mass is 240 g/mol. The Morgan fingerprint density at radius 1 is 0.933 bits per heavy atom. The quantitative estimate of drug-likeness (QED) is 0.448. The first-order valence-electron chi connectivity index (χ1n) is 5.29. The molecular weight excluding hydrogens is 212 g/mol. The smallest absolute Gasteiger partial charge is 0.0431 e. The van der Waals surface area contributed by atoms with Gasteiger partial charge in [-0.25, -0.2) is 0 Å². The van der Waals surface area contributed by atoms with Crippen LogP contribution in [-0.2, 0) is 0 Å². The summed E-state index contributed by atoms with van der Waals surface area (Å²) in [6, 6.07) is 0. The molecule has 0 amide bonds. The van der Waals surface area contributed by atoms with Crippen LogP contribution in [0.15, 0.2) is 0 Å². The first kappa shape index (κ1) is 20.6. The van der Waals surface area contributed by atoms with Gasteiger partial charge in [0, 0.05) is 12.5 Å². The minimum absolute atomic E-state index is 0. The number of nitrogens with one attached hydrogen (secondary N) is 2.